The number of hydrogen-bond donors (Lipinski definition) is 0. The lowest BCUT2D eigenvalue weighted by Gasteiger charge is -2.18. The predicted molar refractivity (Wildman–Crippen MR) is 122 cm³/mol. The molecular weight excluding hydrogens is 430 g/mol. The van der Waals surface area contributed by atoms with Crippen LogP contribution in [0, 0.1) is 0 Å². The zero-order chi connectivity index (χ0) is 22.2. The maximum Gasteiger partial charge on any atom is 0.332 e. The Morgan fingerprint density at radius 3 is 2.53 bits per heavy atom. The smallest absolute Gasteiger partial charge is 0.332 e. The van der Waals surface area contributed by atoms with Gasteiger partial charge in [-0.1, -0.05) is 30.0 Å². The van der Waals surface area contributed by atoms with Crippen LogP contribution in [0.1, 0.15) is 12.8 Å². The van der Waals surface area contributed by atoms with Crippen molar-refractivity contribution in [2.45, 2.75) is 24.5 Å². The third-order valence-corrected chi connectivity index (χ3v) is 6.60. The van der Waals surface area contributed by atoms with Gasteiger partial charge in [0.1, 0.15) is 0 Å². The number of hydrogen-bond acceptors (Lipinski definition) is 8. The van der Waals surface area contributed by atoms with Gasteiger partial charge in [0.2, 0.25) is 11.1 Å². The lowest BCUT2D eigenvalue weighted by atomic mass is 10.3. The van der Waals surface area contributed by atoms with Crippen molar-refractivity contribution < 1.29 is 0 Å². The molecule has 0 N–H and O–H groups in total. The Morgan fingerprint density at radius 1 is 1.03 bits per heavy atom. The molecule has 11 nitrogen and oxygen atoms in total. The number of anilines is 1. The van der Waals surface area contributed by atoms with E-state index in [9.17, 15) is 9.59 Å². The first-order valence-corrected chi connectivity index (χ1v) is 11.4. The molecule has 0 atom stereocenters. The number of para-hydroxylation sites is 1. The maximum absolute atomic E-state index is 13.0. The van der Waals surface area contributed by atoms with Crippen molar-refractivity contribution in [1.82, 2.24) is 38.9 Å². The summed E-state index contributed by atoms with van der Waals surface area (Å²) in [7, 11) is 3.15. The molecule has 0 saturated carbocycles. The molecule has 166 valence electrons. The van der Waals surface area contributed by atoms with Crippen molar-refractivity contribution >= 4 is 28.9 Å². The molecule has 0 unspecified atom stereocenters. The zero-order valence-corrected chi connectivity index (χ0v) is 18.7. The minimum atomic E-state index is -0.378. The second-order valence-electron chi connectivity index (χ2n) is 7.69. The standard InChI is InChI=1S/C20H23N9O2S/c1-25-16-15(17(30)26(2)20(25)31)28(18(21-16)27-10-6-7-11-27)12-13-32-19-22-23-24-29(19)14-8-4-3-5-9-14/h3-5,8-9H,6-7,10-13H2,1-2H3. The first-order chi connectivity index (χ1) is 15.6. The fraction of sp³-hybridized carbons (Fsp3) is 0.400. The summed E-state index contributed by atoms with van der Waals surface area (Å²) in [6, 6.07) is 9.70. The number of aryl methyl sites for hydroxylation is 2. The van der Waals surface area contributed by atoms with Gasteiger partial charge < -0.3 is 9.47 Å². The number of benzene rings is 1. The molecule has 1 saturated heterocycles. The van der Waals surface area contributed by atoms with E-state index in [1.165, 1.54) is 23.4 Å². The highest BCUT2D eigenvalue weighted by molar-refractivity contribution is 7.99. The summed E-state index contributed by atoms with van der Waals surface area (Å²) in [4.78, 5) is 32.3. The number of nitrogens with zero attached hydrogens (tertiary/aromatic N) is 9. The summed E-state index contributed by atoms with van der Waals surface area (Å²) < 4.78 is 6.21. The van der Waals surface area contributed by atoms with E-state index in [0.717, 1.165) is 42.1 Å². The van der Waals surface area contributed by atoms with Gasteiger partial charge in [-0.3, -0.25) is 13.9 Å². The highest BCUT2D eigenvalue weighted by atomic mass is 32.2. The van der Waals surface area contributed by atoms with E-state index in [4.69, 9.17) is 4.98 Å². The largest absolute Gasteiger partial charge is 0.342 e. The van der Waals surface area contributed by atoms with Crippen LogP contribution < -0.4 is 16.1 Å². The molecule has 4 aromatic rings. The Balaban J connectivity index is 1.49. The number of aromatic nitrogens is 8. The summed E-state index contributed by atoms with van der Waals surface area (Å²) in [5.74, 6) is 1.37. The van der Waals surface area contributed by atoms with E-state index in [1.807, 2.05) is 34.9 Å². The molecule has 0 radical (unpaired) electrons. The Labute approximate surface area is 187 Å². The summed E-state index contributed by atoms with van der Waals surface area (Å²) >= 11 is 1.51. The van der Waals surface area contributed by atoms with Crippen LogP contribution in [0.15, 0.2) is 45.1 Å². The van der Waals surface area contributed by atoms with Gasteiger partial charge in [0.15, 0.2) is 11.2 Å². The zero-order valence-electron chi connectivity index (χ0n) is 17.9. The highest BCUT2D eigenvalue weighted by Crippen LogP contribution is 2.25. The molecule has 1 aromatic carbocycles. The van der Waals surface area contributed by atoms with E-state index in [-0.39, 0.29) is 11.2 Å². The van der Waals surface area contributed by atoms with Crippen molar-refractivity contribution in [3.05, 3.63) is 51.2 Å². The van der Waals surface area contributed by atoms with Crippen molar-refractivity contribution in [2.24, 2.45) is 14.1 Å². The number of fused-ring (bicyclic) bond motifs is 1. The van der Waals surface area contributed by atoms with E-state index in [1.54, 1.807) is 11.7 Å². The third kappa shape index (κ3) is 3.40. The minimum Gasteiger partial charge on any atom is -0.342 e. The average Bonchev–Trinajstić information content (AvgIpc) is 3.56. The van der Waals surface area contributed by atoms with Gasteiger partial charge in [0.05, 0.1) is 5.69 Å². The van der Waals surface area contributed by atoms with Crippen LogP contribution >= 0.6 is 11.8 Å². The van der Waals surface area contributed by atoms with Crippen molar-refractivity contribution in [3.63, 3.8) is 0 Å². The van der Waals surface area contributed by atoms with Gasteiger partial charge in [-0.15, -0.1) is 5.10 Å². The summed E-state index contributed by atoms with van der Waals surface area (Å²) in [5.41, 5.74) is 1.03. The van der Waals surface area contributed by atoms with E-state index < -0.39 is 0 Å². The quantitative estimate of drug-likeness (QED) is 0.395. The fourth-order valence-electron chi connectivity index (χ4n) is 4.03. The Bertz CT molecular complexity index is 1380. The van der Waals surface area contributed by atoms with Crippen LogP contribution in [0.25, 0.3) is 16.9 Å². The second kappa shape index (κ2) is 8.26. The van der Waals surface area contributed by atoms with Crippen LogP contribution in [0.3, 0.4) is 0 Å². The average molecular weight is 454 g/mol. The van der Waals surface area contributed by atoms with Gasteiger partial charge in [-0.2, -0.15) is 9.67 Å². The minimum absolute atomic E-state index is 0.333. The van der Waals surface area contributed by atoms with Crippen LogP contribution in [-0.4, -0.2) is 57.7 Å². The van der Waals surface area contributed by atoms with Crippen LogP contribution in [0.5, 0.6) is 0 Å². The lowest BCUT2D eigenvalue weighted by Crippen LogP contribution is -2.37. The van der Waals surface area contributed by atoms with Crippen molar-refractivity contribution in [2.75, 3.05) is 23.7 Å². The van der Waals surface area contributed by atoms with Gasteiger partial charge in [0.25, 0.3) is 5.56 Å². The predicted octanol–water partition coefficient (Wildman–Crippen LogP) is 0.802. The van der Waals surface area contributed by atoms with E-state index in [2.05, 4.69) is 20.4 Å². The van der Waals surface area contributed by atoms with Crippen LogP contribution in [0.2, 0.25) is 0 Å². The lowest BCUT2D eigenvalue weighted by molar-refractivity contribution is 0.698. The topological polar surface area (TPSA) is 109 Å². The molecule has 32 heavy (non-hydrogen) atoms. The molecular formula is C20H23N9O2S. The summed E-state index contributed by atoms with van der Waals surface area (Å²) in [6.07, 6.45) is 2.17. The van der Waals surface area contributed by atoms with E-state index in [0.29, 0.717) is 28.6 Å². The normalized spacial score (nSPS) is 14.0. The monoisotopic (exact) mass is 453 g/mol. The fourth-order valence-corrected chi connectivity index (χ4v) is 4.85. The highest BCUT2D eigenvalue weighted by Gasteiger charge is 2.24. The molecule has 1 fully saturated rings. The molecule has 0 spiro atoms. The molecule has 3 aromatic heterocycles. The number of tetrazole rings is 1. The molecule has 12 heteroatoms. The second-order valence-corrected chi connectivity index (χ2v) is 8.75. The van der Waals surface area contributed by atoms with Crippen LogP contribution in [0.4, 0.5) is 5.95 Å². The molecule has 0 bridgehead atoms. The van der Waals surface area contributed by atoms with Gasteiger partial charge in [-0.05, 0) is 35.4 Å². The Kier molecular flexibility index (Phi) is 5.29. The van der Waals surface area contributed by atoms with E-state index >= 15 is 0 Å². The first kappa shape index (κ1) is 20.5. The molecule has 5 rings (SSSR count). The van der Waals surface area contributed by atoms with Crippen LogP contribution in [-0.2, 0) is 20.6 Å². The molecule has 1 aliphatic rings. The number of imidazole rings is 1. The number of rotatable bonds is 6. The van der Waals surface area contributed by atoms with Gasteiger partial charge in [-0.25, -0.2) is 4.79 Å². The SMILES string of the molecule is Cn1c(=O)c2c(nc(N3CCCC3)n2CCSc2nnnn2-c2ccccc2)n(C)c1=O. The number of thioether (sulfide) groups is 1. The first-order valence-electron chi connectivity index (χ1n) is 10.4. The molecule has 0 amide bonds. The summed E-state index contributed by atoms with van der Waals surface area (Å²) in [6.45, 7) is 2.30. The van der Waals surface area contributed by atoms with Crippen molar-refractivity contribution in [1.29, 1.82) is 0 Å². The van der Waals surface area contributed by atoms with Gasteiger partial charge in [0, 0.05) is 39.5 Å². The Hall–Kier alpha value is -3.41. The molecule has 0 aliphatic carbocycles. The van der Waals surface area contributed by atoms with Gasteiger partial charge >= 0.3 is 5.69 Å². The summed E-state index contributed by atoms with van der Waals surface area (Å²) in [5, 5.41) is 12.7. The third-order valence-electron chi connectivity index (χ3n) is 5.70. The van der Waals surface area contributed by atoms with Crippen molar-refractivity contribution in [3.8, 4) is 5.69 Å². The molecule has 1 aliphatic heterocycles. The maximum atomic E-state index is 13.0. The Morgan fingerprint density at radius 2 is 1.78 bits per heavy atom. The molecule has 4 heterocycles.